The lowest BCUT2D eigenvalue weighted by Crippen LogP contribution is -2.48. The van der Waals surface area contributed by atoms with E-state index in [0.29, 0.717) is 5.69 Å². The lowest BCUT2D eigenvalue weighted by molar-refractivity contribution is 0.0612. The molecule has 0 radical (unpaired) electrons. The maximum atomic E-state index is 12.4. The lowest BCUT2D eigenvalue weighted by atomic mass is 10.0. The predicted octanol–water partition coefficient (Wildman–Crippen LogP) is 2.58. The molecule has 1 aromatic heterocycles. The summed E-state index contributed by atoms with van der Waals surface area (Å²) in [6, 6.07) is 10.9. The topological polar surface area (TPSA) is 52.2 Å². The molecule has 128 valence electrons. The van der Waals surface area contributed by atoms with Gasteiger partial charge in [0.1, 0.15) is 5.69 Å². The van der Waals surface area contributed by atoms with E-state index in [1.54, 1.807) is 12.5 Å². The first-order valence-electron chi connectivity index (χ1n) is 8.76. The molecule has 5 heteroatoms. The van der Waals surface area contributed by atoms with E-state index in [1.165, 1.54) is 5.56 Å². The molecule has 2 aromatic rings. The van der Waals surface area contributed by atoms with Crippen molar-refractivity contribution < 1.29 is 4.79 Å². The van der Waals surface area contributed by atoms with Crippen LogP contribution in [0.25, 0.3) is 0 Å². The van der Waals surface area contributed by atoms with Crippen molar-refractivity contribution in [1.82, 2.24) is 19.8 Å². The Bertz CT molecular complexity index is 626. The number of carbonyl (C=O) groups is 1. The van der Waals surface area contributed by atoms with Gasteiger partial charge in [-0.25, -0.2) is 4.98 Å². The normalized spacial score (nSPS) is 18.5. The standard InChI is InChI=1S/C19H26N4O/c1-22(19(24)18-13-20-15-21-18)17-10-6-12-23(14-17)11-5-9-16-7-3-2-4-8-16/h2-4,7-8,13,15,17H,5-6,9-12,14H2,1H3,(H,20,21)/t17-/m1/s1. The van der Waals surface area contributed by atoms with E-state index in [2.05, 4.69) is 45.2 Å². The molecule has 1 N–H and O–H groups in total. The number of amides is 1. The van der Waals surface area contributed by atoms with Crippen LogP contribution in [0.4, 0.5) is 0 Å². The second-order valence-corrected chi connectivity index (χ2v) is 6.57. The molecular formula is C19H26N4O. The van der Waals surface area contributed by atoms with Crippen LogP contribution in [0.3, 0.4) is 0 Å². The average molecular weight is 326 g/mol. The number of nitrogens with zero attached hydrogens (tertiary/aromatic N) is 3. The summed E-state index contributed by atoms with van der Waals surface area (Å²) in [5, 5.41) is 0. The third kappa shape index (κ3) is 4.23. The van der Waals surface area contributed by atoms with Gasteiger partial charge in [0.25, 0.3) is 5.91 Å². The summed E-state index contributed by atoms with van der Waals surface area (Å²) in [5.74, 6) is 0.0311. The summed E-state index contributed by atoms with van der Waals surface area (Å²) in [5.41, 5.74) is 1.97. The number of aryl methyl sites for hydroxylation is 1. The molecule has 1 saturated heterocycles. The number of likely N-dealkylation sites (N-methyl/N-ethyl adjacent to an activating group) is 1. The zero-order valence-corrected chi connectivity index (χ0v) is 14.3. The quantitative estimate of drug-likeness (QED) is 0.888. The molecule has 1 fully saturated rings. The average Bonchev–Trinajstić information content (AvgIpc) is 3.16. The minimum absolute atomic E-state index is 0.0311. The van der Waals surface area contributed by atoms with Crippen molar-refractivity contribution in [2.75, 3.05) is 26.7 Å². The van der Waals surface area contributed by atoms with Gasteiger partial charge in [0.15, 0.2) is 0 Å². The van der Waals surface area contributed by atoms with Crippen LogP contribution in [0.5, 0.6) is 0 Å². The van der Waals surface area contributed by atoms with Crippen LogP contribution in [-0.4, -0.2) is 58.4 Å². The van der Waals surface area contributed by atoms with E-state index in [1.807, 2.05) is 11.9 Å². The molecule has 1 atom stereocenters. The van der Waals surface area contributed by atoms with Crippen molar-refractivity contribution in [1.29, 1.82) is 0 Å². The van der Waals surface area contributed by atoms with Crippen molar-refractivity contribution in [3.05, 3.63) is 54.1 Å². The van der Waals surface area contributed by atoms with Gasteiger partial charge in [0.2, 0.25) is 0 Å². The molecule has 1 aliphatic heterocycles. The number of hydrogen-bond acceptors (Lipinski definition) is 3. The van der Waals surface area contributed by atoms with Crippen molar-refractivity contribution in [2.45, 2.75) is 31.7 Å². The Balaban J connectivity index is 1.48. The van der Waals surface area contributed by atoms with Crippen LogP contribution < -0.4 is 0 Å². The van der Waals surface area contributed by atoms with E-state index >= 15 is 0 Å². The summed E-state index contributed by atoms with van der Waals surface area (Å²) >= 11 is 0. The number of carbonyl (C=O) groups excluding carboxylic acids is 1. The second kappa shape index (κ2) is 8.11. The van der Waals surface area contributed by atoms with E-state index in [9.17, 15) is 4.79 Å². The van der Waals surface area contributed by atoms with Crippen molar-refractivity contribution in [3.63, 3.8) is 0 Å². The molecule has 3 rings (SSSR count). The van der Waals surface area contributed by atoms with Gasteiger partial charge in [-0.2, -0.15) is 0 Å². The molecule has 0 bridgehead atoms. The Morgan fingerprint density at radius 1 is 1.38 bits per heavy atom. The van der Waals surface area contributed by atoms with Crippen molar-refractivity contribution in [2.24, 2.45) is 0 Å². The first-order valence-corrected chi connectivity index (χ1v) is 8.76. The minimum Gasteiger partial charge on any atom is -0.341 e. The maximum Gasteiger partial charge on any atom is 0.271 e. The largest absolute Gasteiger partial charge is 0.341 e. The molecule has 0 spiro atoms. The number of aromatic nitrogens is 2. The van der Waals surface area contributed by atoms with E-state index in [-0.39, 0.29) is 11.9 Å². The Hall–Kier alpha value is -2.14. The summed E-state index contributed by atoms with van der Waals surface area (Å²) in [7, 11) is 1.90. The Morgan fingerprint density at radius 3 is 2.96 bits per heavy atom. The van der Waals surface area contributed by atoms with E-state index < -0.39 is 0 Å². The molecule has 2 heterocycles. The van der Waals surface area contributed by atoms with Gasteiger partial charge in [-0.15, -0.1) is 0 Å². The Morgan fingerprint density at radius 2 is 2.21 bits per heavy atom. The number of imidazole rings is 1. The summed E-state index contributed by atoms with van der Waals surface area (Å²) in [4.78, 5) is 23.7. The zero-order chi connectivity index (χ0) is 16.8. The summed E-state index contributed by atoms with van der Waals surface area (Å²) in [6.07, 6.45) is 7.65. The van der Waals surface area contributed by atoms with Crippen LogP contribution in [0.1, 0.15) is 35.3 Å². The first kappa shape index (κ1) is 16.7. The van der Waals surface area contributed by atoms with Crippen LogP contribution in [0.2, 0.25) is 0 Å². The molecule has 1 aliphatic rings. The van der Waals surface area contributed by atoms with Gasteiger partial charge < -0.3 is 14.8 Å². The number of nitrogens with one attached hydrogen (secondary N) is 1. The van der Waals surface area contributed by atoms with E-state index in [4.69, 9.17) is 0 Å². The molecule has 1 amide bonds. The number of aromatic amines is 1. The number of benzene rings is 1. The van der Waals surface area contributed by atoms with Gasteiger partial charge in [0.05, 0.1) is 12.5 Å². The van der Waals surface area contributed by atoms with Crippen molar-refractivity contribution >= 4 is 5.91 Å². The highest BCUT2D eigenvalue weighted by Gasteiger charge is 2.26. The SMILES string of the molecule is CN(C(=O)c1cnc[nH]1)[C@@H]1CCCN(CCCc2ccccc2)C1. The molecular weight excluding hydrogens is 300 g/mol. The fourth-order valence-electron chi connectivity index (χ4n) is 3.43. The van der Waals surface area contributed by atoms with Crippen LogP contribution >= 0.6 is 0 Å². The smallest absolute Gasteiger partial charge is 0.271 e. The third-order valence-electron chi connectivity index (χ3n) is 4.86. The summed E-state index contributed by atoms with van der Waals surface area (Å²) in [6.45, 7) is 3.19. The molecule has 0 saturated carbocycles. The number of H-pyrrole nitrogens is 1. The lowest BCUT2D eigenvalue weighted by Gasteiger charge is -2.37. The van der Waals surface area contributed by atoms with Crippen LogP contribution in [0, 0.1) is 0 Å². The monoisotopic (exact) mass is 326 g/mol. The van der Waals surface area contributed by atoms with Crippen molar-refractivity contribution in [3.8, 4) is 0 Å². The van der Waals surface area contributed by atoms with Crippen LogP contribution in [0.15, 0.2) is 42.9 Å². The van der Waals surface area contributed by atoms with E-state index in [0.717, 1.165) is 45.3 Å². The molecule has 1 aromatic carbocycles. The minimum atomic E-state index is 0.0311. The fraction of sp³-hybridized carbons (Fsp3) is 0.474. The number of hydrogen-bond donors (Lipinski definition) is 1. The number of rotatable bonds is 6. The van der Waals surface area contributed by atoms with Gasteiger partial charge >= 0.3 is 0 Å². The molecule has 0 aliphatic carbocycles. The molecule has 24 heavy (non-hydrogen) atoms. The summed E-state index contributed by atoms with van der Waals surface area (Å²) < 4.78 is 0. The highest BCUT2D eigenvalue weighted by molar-refractivity contribution is 5.92. The highest BCUT2D eigenvalue weighted by Crippen LogP contribution is 2.17. The maximum absolute atomic E-state index is 12.4. The number of piperidine rings is 1. The van der Waals surface area contributed by atoms with Gasteiger partial charge in [-0.1, -0.05) is 30.3 Å². The predicted molar refractivity (Wildman–Crippen MR) is 94.9 cm³/mol. The highest BCUT2D eigenvalue weighted by atomic mass is 16.2. The Labute approximate surface area is 143 Å². The Kier molecular flexibility index (Phi) is 5.64. The third-order valence-corrected chi connectivity index (χ3v) is 4.86. The van der Waals surface area contributed by atoms with Crippen LogP contribution in [-0.2, 0) is 6.42 Å². The molecule has 0 unspecified atom stereocenters. The van der Waals surface area contributed by atoms with Gasteiger partial charge in [0, 0.05) is 19.6 Å². The first-order chi connectivity index (χ1) is 11.7. The second-order valence-electron chi connectivity index (χ2n) is 6.57. The number of likely N-dealkylation sites (tertiary alicyclic amines) is 1. The van der Waals surface area contributed by atoms with Gasteiger partial charge in [-0.3, -0.25) is 4.79 Å². The zero-order valence-electron chi connectivity index (χ0n) is 14.3. The van der Waals surface area contributed by atoms with Gasteiger partial charge in [-0.05, 0) is 44.3 Å². The molecule has 5 nitrogen and oxygen atoms in total. The fourth-order valence-corrected chi connectivity index (χ4v) is 3.43.